The van der Waals surface area contributed by atoms with Crippen LogP contribution in [0.1, 0.15) is 45.7 Å². The number of aromatic nitrogens is 1. The molecule has 1 heterocycles. The van der Waals surface area contributed by atoms with Gasteiger partial charge in [-0.2, -0.15) is 0 Å². The number of amides is 1. The highest BCUT2D eigenvalue weighted by Crippen LogP contribution is 2.18. The number of hydrogen-bond donors (Lipinski definition) is 2. The Bertz CT molecular complexity index is 404. The Morgan fingerprint density at radius 2 is 2.25 bits per heavy atom. The van der Waals surface area contributed by atoms with Crippen molar-refractivity contribution in [3.8, 4) is 0 Å². The molecular formula is C16H26N2O2. The van der Waals surface area contributed by atoms with Gasteiger partial charge in [0.2, 0.25) is 5.91 Å². The van der Waals surface area contributed by atoms with Crippen molar-refractivity contribution in [2.75, 3.05) is 6.54 Å². The van der Waals surface area contributed by atoms with Gasteiger partial charge < -0.3 is 10.4 Å². The first kappa shape index (κ1) is 16.6. The summed E-state index contributed by atoms with van der Waals surface area (Å²) in [6.45, 7) is 6.11. The van der Waals surface area contributed by atoms with Gasteiger partial charge in [0.25, 0.3) is 0 Å². The van der Waals surface area contributed by atoms with Gasteiger partial charge in [-0.15, -0.1) is 0 Å². The van der Waals surface area contributed by atoms with E-state index in [1.165, 1.54) is 0 Å². The summed E-state index contributed by atoms with van der Waals surface area (Å²) in [5, 5.41) is 13.0. The predicted octanol–water partition coefficient (Wildman–Crippen LogP) is 2.32. The maximum atomic E-state index is 11.7. The lowest BCUT2D eigenvalue weighted by atomic mass is 9.88. The van der Waals surface area contributed by atoms with Crippen molar-refractivity contribution in [3.63, 3.8) is 0 Å². The van der Waals surface area contributed by atoms with E-state index in [9.17, 15) is 9.90 Å². The van der Waals surface area contributed by atoms with E-state index < -0.39 is 5.60 Å². The van der Waals surface area contributed by atoms with Gasteiger partial charge in [0.1, 0.15) is 0 Å². The van der Waals surface area contributed by atoms with Crippen molar-refractivity contribution in [1.82, 2.24) is 10.3 Å². The molecule has 112 valence electrons. The number of carbonyl (C=O) groups excluding carboxylic acids is 1. The Morgan fingerprint density at radius 1 is 1.50 bits per heavy atom. The molecule has 4 nitrogen and oxygen atoms in total. The second-order valence-electron chi connectivity index (χ2n) is 5.62. The van der Waals surface area contributed by atoms with Crippen molar-refractivity contribution in [1.29, 1.82) is 0 Å². The third-order valence-electron chi connectivity index (χ3n) is 3.88. The lowest BCUT2D eigenvalue weighted by Crippen LogP contribution is -2.45. The summed E-state index contributed by atoms with van der Waals surface area (Å²) in [6, 6.07) is 5.80. The monoisotopic (exact) mass is 278 g/mol. The molecule has 0 spiro atoms. The first-order valence-electron chi connectivity index (χ1n) is 7.34. The molecule has 4 heteroatoms. The SMILES string of the molecule is CCC(C)C(C)(O)CNC(=O)CCCc1ccccn1. The summed E-state index contributed by atoms with van der Waals surface area (Å²) in [5.41, 5.74) is 0.165. The summed E-state index contributed by atoms with van der Waals surface area (Å²) in [7, 11) is 0. The second-order valence-corrected chi connectivity index (χ2v) is 5.62. The molecule has 0 aromatic carbocycles. The van der Waals surface area contributed by atoms with Crippen LogP contribution < -0.4 is 5.32 Å². The largest absolute Gasteiger partial charge is 0.388 e. The molecule has 1 amide bonds. The average Bonchev–Trinajstić information content (AvgIpc) is 2.45. The van der Waals surface area contributed by atoms with E-state index in [-0.39, 0.29) is 11.8 Å². The van der Waals surface area contributed by atoms with E-state index in [0.717, 1.165) is 25.0 Å². The lowest BCUT2D eigenvalue weighted by Gasteiger charge is -2.29. The molecule has 0 bridgehead atoms. The van der Waals surface area contributed by atoms with Crippen LogP contribution in [0.25, 0.3) is 0 Å². The highest BCUT2D eigenvalue weighted by molar-refractivity contribution is 5.75. The van der Waals surface area contributed by atoms with Crippen LogP contribution in [0, 0.1) is 5.92 Å². The van der Waals surface area contributed by atoms with Crippen LogP contribution in [0.2, 0.25) is 0 Å². The molecular weight excluding hydrogens is 252 g/mol. The highest BCUT2D eigenvalue weighted by Gasteiger charge is 2.27. The maximum absolute atomic E-state index is 11.7. The topological polar surface area (TPSA) is 62.2 Å². The average molecular weight is 278 g/mol. The van der Waals surface area contributed by atoms with Crippen molar-refractivity contribution in [2.45, 2.75) is 52.1 Å². The molecule has 20 heavy (non-hydrogen) atoms. The Kier molecular flexibility index (Phi) is 6.65. The fourth-order valence-corrected chi connectivity index (χ4v) is 1.96. The molecule has 0 radical (unpaired) electrons. The molecule has 0 aliphatic heterocycles. The lowest BCUT2D eigenvalue weighted by molar-refractivity contribution is -0.122. The van der Waals surface area contributed by atoms with Crippen LogP contribution in [0.15, 0.2) is 24.4 Å². The zero-order chi connectivity index (χ0) is 15.0. The van der Waals surface area contributed by atoms with Gasteiger partial charge in [-0.05, 0) is 37.8 Å². The van der Waals surface area contributed by atoms with Crippen molar-refractivity contribution >= 4 is 5.91 Å². The van der Waals surface area contributed by atoms with Crippen LogP contribution in [0.4, 0.5) is 0 Å². The first-order chi connectivity index (χ1) is 9.45. The third kappa shape index (κ3) is 5.70. The van der Waals surface area contributed by atoms with Gasteiger partial charge in [0, 0.05) is 24.9 Å². The van der Waals surface area contributed by atoms with E-state index in [4.69, 9.17) is 0 Å². The molecule has 2 unspecified atom stereocenters. The van der Waals surface area contributed by atoms with Gasteiger partial charge in [-0.25, -0.2) is 0 Å². The number of aliphatic hydroxyl groups is 1. The standard InChI is InChI=1S/C16H26N2O2/c1-4-13(2)16(3,20)12-18-15(19)10-7-9-14-8-5-6-11-17-14/h5-6,8,11,13,20H,4,7,9-10,12H2,1-3H3,(H,18,19). The number of aryl methyl sites for hydroxylation is 1. The van der Waals surface area contributed by atoms with E-state index >= 15 is 0 Å². The molecule has 1 aromatic heterocycles. The van der Waals surface area contributed by atoms with E-state index in [1.54, 1.807) is 13.1 Å². The molecule has 1 rings (SSSR count). The van der Waals surface area contributed by atoms with Gasteiger partial charge in [0.05, 0.1) is 5.60 Å². The van der Waals surface area contributed by atoms with Crippen LogP contribution in [-0.2, 0) is 11.2 Å². The van der Waals surface area contributed by atoms with Crippen LogP contribution in [0.5, 0.6) is 0 Å². The third-order valence-corrected chi connectivity index (χ3v) is 3.88. The first-order valence-corrected chi connectivity index (χ1v) is 7.34. The minimum absolute atomic E-state index is 0.00971. The number of hydrogen-bond acceptors (Lipinski definition) is 3. The summed E-state index contributed by atoms with van der Waals surface area (Å²) >= 11 is 0. The quantitative estimate of drug-likeness (QED) is 0.767. The molecule has 1 aromatic rings. The van der Waals surface area contributed by atoms with Gasteiger partial charge in [0.15, 0.2) is 0 Å². The van der Waals surface area contributed by atoms with Gasteiger partial charge in [-0.3, -0.25) is 9.78 Å². The molecule has 0 aliphatic carbocycles. The maximum Gasteiger partial charge on any atom is 0.220 e. The predicted molar refractivity (Wildman–Crippen MR) is 80.3 cm³/mol. The molecule has 0 fully saturated rings. The van der Waals surface area contributed by atoms with Crippen LogP contribution in [-0.4, -0.2) is 28.1 Å². The number of carbonyl (C=O) groups is 1. The van der Waals surface area contributed by atoms with E-state index in [0.29, 0.717) is 13.0 Å². The van der Waals surface area contributed by atoms with Crippen molar-refractivity contribution in [2.24, 2.45) is 5.92 Å². The van der Waals surface area contributed by atoms with Crippen molar-refractivity contribution < 1.29 is 9.90 Å². The zero-order valence-corrected chi connectivity index (χ0v) is 12.7. The summed E-state index contributed by atoms with van der Waals surface area (Å²) in [4.78, 5) is 16.0. The molecule has 0 saturated carbocycles. The van der Waals surface area contributed by atoms with Crippen LogP contribution >= 0.6 is 0 Å². The van der Waals surface area contributed by atoms with Gasteiger partial charge >= 0.3 is 0 Å². The summed E-state index contributed by atoms with van der Waals surface area (Å²) < 4.78 is 0. The Morgan fingerprint density at radius 3 is 2.85 bits per heavy atom. The number of nitrogens with one attached hydrogen (secondary N) is 1. The molecule has 2 N–H and O–H groups in total. The summed E-state index contributed by atoms with van der Waals surface area (Å²) in [6.07, 6.45) is 4.69. The minimum atomic E-state index is -0.842. The number of nitrogens with zero attached hydrogens (tertiary/aromatic N) is 1. The Balaban J connectivity index is 2.24. The minimum Gasteiger partial charge on any atom is -0.388 e. The number of pyridine rings is 1. The molecule has 0 aliphatic rings. The second kappa shape index (κ2) is 8.00. The Hall–Kier alpha value is -1.42. The van der Waals surface area contributed by atoms with E-state index in [2.05, 4.69) is 10.3 Å². The molecule has 0 saturated heterocycles. The summed E-state index contributed by atoms with van der Waals surface area (Å²) in [5.74, 6) is 0.154. The zero-order valence-electron chi connectivity index (χ0n) is 12.7. The fraction of sp³-hybridized carbons (Fsp3) is 0.625. The highest BCUT2D eigenvalue weighted by atomic mass is 16.3. The number of rotatable bonds is 8. The smallest absolute Gasteiger partial charge is 0.220 e. The fourth-order valence-electron chi connectivity index (χ4n) is 1.96. The Labute approximate surface area is 121 Å². The van der Waals surface area contributed by atoms with Crippen molar-refractivity contribution in [3.05, 3.63) is 30.1 Å². The molecule has 2 atom stereocenters. The normalized spacial score (nSPS) is 15.4. The van der Waals surface area contributed by atoms with E-state index in [1.807, 2.05) is 32.0 Å². The van der Waals surface area contributed by atoms with Gasteiger partial charge in [-0.1, -0.05) is 26.3 Å². The van der Waals surface area contributed by atoms with Crippen LogP contribution in [0.3, 0.4) is 0 Å².